The van der Waals surface area contributed by atoms with E-state index in [0.717, 1.165) is 12.2 Å². The second-order valence-corrected chi connectivity index (χ2v) is 3.57. The van der Waals surface area contributed by atoms with Gasteiger partial charge in [-0.3, -0.25) is 0 Å². The zero-order valence-corrected chi connectivity index (χ0v) is 9.29. The minimum absolute atomic E-state index is 0.310. The van der Waals surface area contributed by atoms with Crippen molar-refractivity contribution in [3.63, 3.8) is 0 Å². The molecular formula is C10H14N4O2. The van der Waals surface area contributed by atoms with Gasteiger partial charge in [0.25, 0.3) is 0 Å². The summed E-state index contributed by atoms with van der Waals surface area (Å²) in [7, 11) is 1.69. The number of aryl methyl sites for hydroxylation is 2. The number of furan rings is 1. The number of tetrazole rings is 1. The van der Waals surface area contributed by atoms with Gasteiger partial charge in [-0.15, -0.1) is 10.2 Å². The lowest BCUT2D eigenvalue weighted by Crippen LogP contribution is -2.02. The number of aliphatic hydroxyl groups excluding tert-OH is 1. The summed E-state index contributed by atoms with van der Waals surface area (Å²) in [6.07, 6.45) is 0.408. The zero-order chi connectivity index (χ0) is 11.5. The highest BCUT2D eigenvalue weighted by molar-refractivity contribution is 5.10. The molecule has 0 saturated carbocycles. The van der Waals surface area contributed by atoms with Crippen molar-refractivity contribution in [2.24, 2.45) is 7.05 Å². The van der Waals surface area contributed by atoms with Crippen LogP contribution in [-0.2, 0) is 19.9 Å². The highest BCUT2D eigenvalue weighted by atomic mass is 16.4. The summed E-state index contributed by atoms with van der Waals surface area (Å²) in [5, 5.41) is 21.4. The molecule has 0 aromatic carbocycles. The summed E-state index contributed by atoms with van der Waals surface area (Å²) in [6, 6.07) is 3.64. The van der Waals surface area contributed by atoms with E-state index in [0.29, 0.717) is 18.0 Å². The van der Waals surface area contributed by atoms with Gasteiger partial charge in [-0.1, -0.05) is 6.92 Å². The Kier molecular flexibility index (Phi) is 3.00. The summed E-state index contributed by atoms with van der Waals surface area (Å²) < 4.78 is 5.44. The lowest BCUT2D eigenvalue weighted by molar-refractivity contribution is 0.146. The second-order valence-electron chi connectivity index (χ2n) is 3.57. The Hall–Kier alpha value is -1.69. The van der Waals surface area contributed by atoms with Gasteiger partial charge >= 0.3 is 0 Å². The van der Waals surface area contributed by atoms with Crippen molar-refractivity contribution >= 4 is 0 Å². The largest absolute Gasteiger partial charge is 0.463 e. The molecular weight excluding hydrogens is 208 g/mol. The molecule has 0 amide bonds. The van der Waals surface area contributed by atoms with Crippen LogP contribution in [0, 0.1) is 0 Å². The number of hydrogen-bond donors (Lipinski definition) is 1. The van der Waals surface area contributed by atoms with Gasteiger partial charge in [-0.25, -0.2) is 0 Å². The molecule has 2 rings (SSSR count). The van der Waals surface area contributed by atoms with E-state index in [4.69, 9.17) is 4.42 Å². The summed E-state index contributed by atoms with van der Waals surface area (Å²) in [6.45, 7) is 2.00. The molecule has 2 heterocycles. The standard InChI is InChI=1S/C10H14N4O2/c1-3-7-4-5-9(16-7)8(15)6-10-11-13-14(2)12-10/h4-5,8,15H,3,6H2,1-2H3. The third-order valence-electron chi connectivity index (χ3n) is 2.28. The molecule has 1 N–H and O–H groups in total. The highest BCUT2D eigenvalue weighted by Crippen LogP contribution is 2.19. The van der Waals surface area contributed by atoms with Gasteiger partial charge in [-0.2, -0.15) is 4.80 Å². The SMILES string of the molecule is CCc1ccc(C(O)Cc2nnn(C)n2)o1. The third kappa shape index (κ3) is 2.27. The van der Waals surface area contributed by atoms with E-state index in [2.05, 4.69) is 15.4 Å². The molecule has 2 aromatic heterocycles. The zero-order valence-electron chi connectivity index (χ0n) is 9.29. The maximum Gasteiger partial charge on any atom is 0.177 e. The molecule has 0 radical (unpaired) electrons. The van der Waals surface area contributed by atoms with Crippen molar-refractivity contribution in [2.75, 3.05) is 0 Å². The van der Waals surface area contributed by atoms with E-state index in [1.807, 2.05) is 13.0 Å². The van der Waals surface area contributed by atoms with Gasteiger partial charge in [0.1, 0.15) is 17.6 Å². The number of nitrogens with zero attached hydrogens (tertiary/aromatic N) is 4. The van der Waals surface area contributed by atoms with Crippen molar-refractivity contribution < 1.29 is 9.52 Å². The molecule has 0 bridgehead atoms. The Morgan fingerprint density at radius 3 is 2.88 bits per heavy atom. The van der Waals surface area contributed by atoms with E-state index < -0.39 is 6.10 Å². The van der Waals surface area contributed by atoms with Crippen LogP contribution >= 0.6 is 0 Å². The first-order valence-electron chi connectivity index (χ1n) is 5.18. The molecule has 0 aliphatic rings. The predicted molar refractivity (Wildman–Crippen MR) is 55.5 cm³/mol. The van der Waals surface area contributed by atoms with Gasteiger partial charge in [0.15, 0.2) is 5.82 Å². The van der Waals surface area contributed by atoms with Crippen LogP contribution in [0.2, 0.25) is 0 Å². The van der Waals surface area contributed by atoms with E-state index in [9.17, 15) is 5.11 Å². The monoisotopic (exact) mass is 222 g/mol. The molecule has 1 unspecified atom stereocenters. The molecule has 2 aromatic rings. The maximum absolute atomic E-state index is 9.88. The van der Waals surface area contributed by atoms with Crippen molar-refractivity contribution in [1.82, 2.24) is 20.2 Å². The van der Waals surface area contributed by atoms with E-state index in [-0.39, 0.29) is 0 Å². The first-order chi connectivity index (χ1) is 7.69. The number of aliphatic hydroxyl groups is 1. The maximum atomic E-state index is 9.88. The van der Waals surface area contributed by atoms with Crippen LogP contribution in [0.25, 0.3) is 0 Å². The number of hydrogen-bond acceptors (Lipinski definition) is 5. The predicted octanol–water partition coefficient (Wildman–Crippen LogP) is 0.642. The smallest absolute Gasteiger partial charge is 0.177 e. The van der Waals surface area contributed by atoms with E-state index >= 15 is 0 Å². The van der Waals surface area contributed by atoms with E-state index in [1.54, 1.807) is 13.1 Å². The molecule has 6 nitrogen and oxygen atoms in total. The Balaban J connectivity index is 2.05. The van der Waals surface area contributed by atoms with Crippen LogP contribution in [0.5, 0.6) is 0 Å². The second kappa shape index (κ2) is 4.44. The normalized spacial score (nSPS) is 12.9. The molecule has 16 heavy (non-hydrogen) atoms. The van der Waals surface area contributed by atoms with Crippen molar-refractivity contribution in [2.45, 2.75) is 25.9 Å². The molecule has 1 atom stereocenters. The molecule has 0 spiro atoms. The first-order valence-corrected chi connectivity index (χ1v) is 5.18. The molecule has 0 aliphatic carbocycles. The Bertz CT molecular complexity index is 463. The lowest BCUT2D eigenvalue weighted by atomic mass is 10.2. The fraction of sp³-hybridized carbons (Fsp3) is 0.500. The van der Waals surface area contributed by atoms with Crippen LogP contribution in [-0.4, -0.2) is 25.3 Å². The van der Waals surface area contributed by atoms with Crippen LogP contribution in [0.1, 0.15) is 30.4 Å². The third-order valence-corrected chi connectivity index (χ3v) is 2.28. The lowest BCUT2D eigenvalue weighted by Gasteiger charge is -2.03. The van der Waals surface area contributed by atoms with Gasteiger partial charge in [0.05, 0.1) is 7.05 Å². The Morgan fingerprint density at radius 1 is 1.50 bits per heavy atom. The molecule has 6 heteroatoms. The van der Waals surface area contributed by atoms with Crippen LogP contribution in [0.3, 0.4) is 0 Å². The topological polar surface area (TPSA) is 77.0 Å². The van der Waals surface area contributed by atoms with Gasteiger partial charge < -0.3 is 9.52 Å². The van der Waals surface area contributed by atoms with Gasteiger partial charge in [-0.05, 0) is 17.3 Å². The van der Waals surface area contributed by atoms with Crippen molar-refractivity contribution in [3.8, 4) is 0 Å². The molecule has 0 saturated heterocycles. The molecule has 0 aliphatic heterocycles. The van der Waals surface area contributed by atoms with Crippen molar-refractivity contribution in [3.05, 3.63) is 29.5 Å². The number of rotatable bonds is 4. The van der Waals surface area contributed by atoms with Gasteiger partial charge in [0.2, 0.25) is 0 Å². The van der Waals surface area contributed by atoms with Crippen LogP contribution in [0.15, 0.2) is 16.5 Å². The summed E-state index contributed by atoms with van der Waals surface area (Å²) in [4.78, 5) is 1.36. The van der Waals surface area contributed by atoms with Crippen LogP contribution < -0.4 is 0 Å². The Morgan fingerprint density at radius 2 is 2.31 bits per heavy atom. The first kappa shape index (κ1) is 10.8. The average molecular weight is 222 g/mol. The van der Waals surface area contributed by atoms with Gasteiger partial charge in [0, 0.05) is 12.8 Å². The van der Waals surface area contributed by atoms with E-state index in [1.165, 1.54) is 4.80 Å². The van der Waals surface area contributed by atoms with Crippen LogP contribution in [0.4, 0.5) is 0 Å². The fourth-order valence-electron chi connectivity index (χ4n) is 1.44. The quantitative estimate of drug-likeness (QED) is 0.821. The fourth-order valence-corrected chi connectivity index (χ4v) is 1.44. The average Bonchev–Trinajstić information content (AvgIpc) is 2.87. The summed E-state index contributed by atoms with van der Waals surface area (Å²) >= 11 is 0. The Labute approximate surface area is 92.9 Å². The minimum atomic E-state index is -0.718. The molecule has 0 fully saturated rings. The number of aromatic nitrogens is 4. The minimum Gasteiger partial charge on any atom is -0.463 e. The van der Waals surface area contributed by atoms with Crippen molar-refractivity contribution in [1.29, 1.82) is 0 Å². The molecule has 86 valence electrons. The summed E-state index contributed by atoms with van der Waals surface area (Å²) in [5.41, 5.74) is 0. The highest BCUT2D eigenvalue weighted by Gasteiger charge is 2.15. The summed E-state index contributed by atoms with van der Waals surface area (Å²) in [5.74, 6) is 1.91.